The molecular weight excluding hydrogens is 597 g/mol. The summed E-state index contributed by atoms with van der Waals surface area (Å²) in [5.74, 6) is 0.665. The number of esters is 1. The van der Waals surface area contributed by atoms with Crippen molar-refractivity contribution in [1.82, 2.24) is 14.5 Å². The summed E-state index contributed by atoms with van der Waals surface area (Å²) in [6.45, 7) is 21.4. The Bertz CT molecular complexity index is 1700. The predicted molar refractivity (Wildman–Crippen MR) is 186 cm³/mol. The van der Waals surface area contributed by atoms with Crippen molar-refractivity contribution in [3.05, 3.63) is 65.1 Å². The second-order valence-electron chi connectivity index (χ2n) is 14.3. The van der Waals surface area contributed by atoms with Gasteiger partial charge in [0.2, 0.25) is 5.95 Å². The molecule has 0 spiro atoms. The average Bonchev–Trinajstić information content (AvgIpc) is 3.33. The number of aromatic nitrogens is 3. The van der Waals surface area contributed by atoms with Crippen molar-refractivity contribution in [2.75, 3.05) is 32.0 Å². The highest BCUT2D eigenvalue weighted by molar-refractivity contribution is 6.76. The summed E-state index contributed by atoms with van der Waals surface area (Å²) in [4.78, 5) is 25.2. The van der Waals surface area contributed by atoms with E-state index in [0.29, 0.717) is 24.8 Å². The normalized spacial score (nSPS) is 14.1. The molecule has 0 saturated carbocycles. The molecule has 10 heteroatoms. The maximum atomic E-state index is 13.6. The SMILES string of the molecule is COC(=O)C(OC(C)(C)C)c1c(C)c2c3c(cc(C)n3CCN2c2ncc(OCOCC[Si](C)(C)C)cn2)c1-c1ccc(C)cc1. The summed E-state index contributed by atoms with van der Waals surface area (Å²) < 4.78 is 25.7. The van der Waals surface area contributed by atoms with Crippen molar-refractivity contribution < 1.29 is 23.7 Å². The Morgan fingerprint density at radius 3 is 2.30 bits per heavy atom. The molecule has 0 N–H and O–H groups in total. The van der Waals surface area contributed by atoms with Crippen molar-refractivity contribution in [3.8, 4) is 16.9 Å². The van der Waals surface area contributed by atoms with Crippen LogP contribution < -0.4 is 9.64 Å². The zero-order valence-electron chi connectivity index (χ0n) is 29.0. The molecule has 0 radical (unpaired) electrons. The van der Waals surface area contributed by atoms with E-state index in [1.165, 1.54) is 7.11 Å². The first kappa shape index (κ1) is 33.6. The predicted octanol–water partition coefficient (Wildman–Crippen LogP) is 7.90. The van der Waals surface area contributed by atoms with Gasteiger partial charge in [0.25, 0.3) is 0 Å². The smallest absolute Gasteiger partial charge is 0.339 e. The van der Waals surface area contributed by atoms with E-state index in [9.17, 15) is 4.79 Å². The van der Waals surface area contributed by atoms with Gasteiger partial charge < -0.3 is 28.4 Å². The third kappa shape index (κ3) is 7.14. The first-order valence-corrected chi connectivity index (χ1v) is 19.7. The van der Waals surface area contributed by atoms with Gasteiger partial charge in [0.15, 0.2) is 18.6 Å². The standard InChI is InChI=1S/C36H48N4O5Si/c1-23-11-13-26(14-12-23)30-28-19-24(2)39-15-16-40(35-37-20-27(21-38-35)44-22-43-17-18-46(8,9)10)31(32(28)39)25(3)29(30)33(34(41)42-7)45-36(4,5)6/h11-14,19-21,33H,15-18,22H2,1-10H3. The fourth-order valence-electron chi connectivity index (χ4n) is 6.01. The molecule has 2 aromatic carbocycles. The molecule has 0 aliphatic carbocycles. The molecule has 2 aromatic heterocycles. The lowest BCUT2D eigenvalue weighted by Crippen LogP contribution is -2.32. The van der Waals surface area contributed by atoms with Crippen molar-refractivity contribution in [1.29, 1.82) is 0 Å². The van der Waals surface area contributed by atoms with E-state index >= 15 is 0 Å². The number of benzene rings is 2. The zero-order valence-corrected chi connectivity index (χ0v) is 30.0. The molecule has 3 heterocycles. The monoisotopic (exact) mass is 644 g/mol. The average molecular weight is 645 g/mol. The summed E-state index contributed by atoms with van der Waals surface area (Å²) in [6.07, 6.45) is 2.43. The molecule has 0 bridgehead atoms. The summed E-state index contributed by atoms with van der Waals surface area (Å²) >= 11 is 0. The van der Waals surface area contributed by atoms with Gasteiger partial charge in [-0.25, -0.2) is 14.8 Å². The van der Waals surface area contributed by atoms with Crippen LogP contribution >= 0.6 is 0 Å². The first-order valence-electron chi connectivity index (χ1n) is 16.0. The van der Waals surface area contributed by atoms with Crippen LogP contribution in [0.25, 0.3) is 22.0 Å². The Kier molecular flexibility index (Phi) is 9.63. The highest BCUT2D eigenvalue weighted by Gasteiger charge is 2.37. The topological polar surface area (TPSA) is 87.9 Å². The van der Waals surface area contributed by atoms with Gasteiger partial charge >= 0.3 is 5.97 Å². The quantitative estimate of drug-likeness (QED) is 0.0705. The second kappa shape index (κ2) is 13.2. The van der Waals surface area contributed by atoms with Gasteiger partial charge in [0, 0.05) is 44.4 Å². The lowest BCUT2D eigenvalue weighted by Gasteiger charge is -2.35. The van der Waals surface area contributed by atoms with Crippen LogP contribution in [0.2, 0.25) is 25.7 Å². The number of hydrogen-bond acceptors (Lipinski definition) is 8. The Morgan fingerprint density at radius 2 is 1.70 bits per heavy atom. The third-order valence-corrected chi connectivity index (χ3v) is 10.00. The molecular formula is C36H48N4O5Si. The number of nitrogens with zero attached hydrogens (tertiary/aromatic N) is 4. The van der Waals surface area contributed by atoms with E-state index in [0.717, 1.165) is 62.7 Å². The molecule has 9 nitrogen and oxygen atoms in total. The number of anilines is 2. The largest absolute Gasteiger partial charge is 0.467 e. The molecule has 4 aromatic rings. The zero-order chi connectivity index (χ0) is 33.4. The van der Waals surface area contributed by atoms with E-state index in [2.05, 4.69) is 80.2 Å². The maximum absolute atomic E-state index is 13.6. The molecule has 1 atom stereocenters. The molecule has 0 fully saturated rings. The molecule has 46 heavy (non-hydrogen) atoms. The highest BCUT2D eigenvalue weighted by Crippen LogP contribution is 2.49. The van der Waals surface area contributed by atoms with Crippen LogP contribution in [0, 0.1) is 20.8 Å². The minimum atomic E-state index is -1.16. The van der Waals surface area contributed by atoms with Crippen LogP contribution in [0.1, 0.15) is 49.3 Å². The lowest BCUT2D eigenvalue weighted by molar-refractivity contribution is -0.164. The number of ether oxygens (including phenoxy) is 4. The van der Waals surface area contributed by atoms with Crippen LogP contribution in [0.4, 0.5) is 11.6 Å². The van der Waals surface area contributed by atoms with Gasteiger partial charge in [-0.3, -0.25) is 0 Å². The van der Waals surface area contributed by atoms with Gasteiger partial charge in [0.1, 0.15) is 0 Å². The van der Waals surface area contributed by atoms with Crippen molar-refractivity contribution in [2.24, 2.45) is 0 Å². The number of methoxy groups -OCH3 is 1. The third-order valence-electron chi connectivity index (χ3n) is 8.29. The number of carbonyl (C=O) groups excluding carboxylic acids is 1. The molecule has 1 unspecified atom stereocenters. The lowest BCUT2D eigenvalue weighted by atomic mass is 9.87. The number of hydrogen-bond donors (Lipinski definition) is 0. The van der Waals surface area contributed by atoms with E-state index in [4.69, 9.17) is 28.9 Å². The first-order chi connectivity index (χ1) is 21.7. The summed E-state index contributed by atoms with van der Waals surface area (Å²) in [5.41, 5.74) is 7.42. The van der Waals surface area contributed by atoms with E-state index in [1.807, 2.05) is 20.8 Å². The Labute approximate surface area is 273 Å². The molecule has 5 rings (SSSR count). The second-order valence-corrected chi connectivity index (χ2v) is 19.9. The number of rotatable bonds is 11. The molecule has 0 saturated heterocycles. The van der Waals surface area contributed by atoms with Gasteiger partial charge in [0.05, 0.1) is 36.3 Å². The van der Waals surface area contributed by atoms with Crippen LogP contribution in [0.3, 0.4) is 0 Å². The van der Waals surface area contributed by atoms with Crippen molar-refractivity contribution >= 4 is 36.6 Å². The summed E-state index contributed by atoms with van der Waals surface area (Å²) in [5, 5.41) is 1.04. The van der Waals surface area contributed by atoms with E-state index in [-0.39, 0.29) is 6.79 Å². The number of aryl methyl sites for hydroxylation is 2. The fourth-order valence-corrected chi connectivity index (χ4v) is 6.76. The van der Waals surface area contributed by atoms with Crippen LogP contribution in [-0.2, 0) is 25.5 Å². The number of carbonyl (C=O) groups is 1. The van der Waals surface area contributed by atoms with Gasteiger partial charge in [-0.1, -0.05) is 49.5 Å². The minimum Gasteiger partial charge on any atom is -0.467 e. The van der Waals surface area contributed by atoms with E-state index < -0.39 is 25.7 Å². The Balaban J connectivity index is 1.63. The van der Waals surface area contributed by atoms with Crippen molar-refractivity contribution in [3.63, 3.8) is 0 Å². The van der Waals surface area contributed by atoms with Crippen LogP contribution in [0.15, 0.2) is 42.7 Å². The van der Waals surface area contributed by atoms with Crippen molar-refractivity contribution in [2.45, 2.75) is 85.5 Å². The summed E-state index contributed by atoms with van der Waals surface area (Å²) in [6, 6.07) is 11.7. The van der Waals surface area contributed by atoms with E-state index in [1.54, 1.807) is 12.4 Å². The van der Waals surface area contributed by atoms with Crippen LogP contribution in [0.5, 0.6) is 5.75 Å². The fraction of sp³-hybridized carbons (Fsp3) is 0.472. The highest BCUT2D eigenvalue weighted by atomic mass is 28.3. The molecule has 246 valence electrons. The molecule has 0 amide bonds. The van der Waals surface area contributed by atoms with Gasteiger partial charge in [-0.2, -0.15) is 0 Å². The molecule has 1 aliphatic rings. The van der Waals surface area contributed by atoms with Gasteiger partial charge in [-0.05, 0) is 70.3 Å². The Hall–Kier alpha value is -3.73. The minimum absolute atomic E-state index is 0.163. The Morgan fingerprint density at radius 1 is 1.02 bits per heavy atom. The van der Waals surface area contributed by atoms with Crippen LogP contribution in [-0.4, -0.2) is 61.2 Å². The van der Waals surface area contributed by atoms with Gasteiger partial charge in [-0.15, -0.1) is 0 Å². The molecule has 1 aliphatic heterocycles. The maximum Gasteiger partial charge on any atom is 0.339 e. The summed E-state index contributed by atoms with van der Waals surface area (Å²) in [7, 11) is 0.245.